The minimum Gasteiger partial charge on any atom is -0.354 e. The standard InChI is InChI=1S/C14H24N2O2/c1-14(8-4-3-5-9-14)13(18)16(2)11-7-6-10-15-12(11)17/h11H,3-10H2,1-2H3,(H,15,17)/t11-/m0/s1. The lowest BCUT2D eigenvalue weighted by molar-refractivity contribution is -0.149. The average molecular weight is 252 g/mol. The van der Waals surface area contributed by atoms with Gasteiger partial charge in [-0.25, -0.2) is 0 Å². The molecule has 2 aliphatic rings. The van der Waals surface area contributed by atoms with E-state index in [0.717, 1.165) is 45.1 Å². The van der Waals surface area contributed by atoms with Crippen molar-refractivity contribution in [3.63, 3.8) is 0 Å². The number of carbonyl (C=O) groups is 2. The Kier molecular flexibility index (Phi) is 3.93. The van der Waals surface area contributed by atoms with Crippen molar-refractivity contribution in [2.45, 2.75) is 57.9 Å². The smallest absolute Gasteiger partial charge is 0.242 e. The van der Waals surface area contributed by atoms with Crippen LogP contribution in [0.4, 0.5) is 0 Å². The summed E-state index contributed by atoms with van der Waals surface area (Å²) in [6.07, 6.45) is 7.18. The van der Waals surface area contributed by atoms with Crippen LogP contribution in [0.2, 0.25) is 0 Å². The van der Waals surface area contributed by atoms with E-state index in [1.165, 1.54) is 6.42 Å². The van der Waals surface area contributed by atoms with Crippen LogP contribution in [0.1, 0.15) is 51.9 Å². The highest BCUT2D eigenvalue weighted by Gasteiger charge is 2.40. The Balaban J connectivity index is 2.05. The lowest BCUT2D eigenvalue weighted by Crippen LogP contribution is -2.54. The lowest BCUT2D eigenvalue weighted by Gasteiger charge is -2.39. The van der Waals surface area contributed by atoms with E-state index in [2.05, 4.69) is 12.2 Å². The maximum absolute atomic E-state index is 12.6. The number of nitrogens with one attached hydrogen (secondary N) is 1. The molecule has 4 heteroatoms. The summed E-state index contributed by atoms with van der Waals surface area (Å²) in [6.45, 7) is 2.81. The van der Waals surface area contributed by atoms with Gasteiger partial charge in [-0.3, -0.25) is 9.59 Å². The second-order valence-electron chi connectivity index (χ2n) is 5.99. The predicted molar refractivity (Wildman–Crippen MR) is 70.0 cm³/mol. The fourth-order valence-corrected chi connectivity index (χ4v) is 3.24. The molecule has 0 aromatic rings. The Bertz CT molecular complexity index is 335. The SMILES string of the molecule is CN(C(=O)C1(C)CCCCC1)[C@H]1CCCNC1=O. The van der Waals surface area contributed by atoms with Gasteiger partial charge in [-0.15, -0.1) is 0 Å². The second kappa shape index (κ2) is 5.29. The summed E-state index contributed by atoms with van der Waals surface area (Å²) in [5, 5.41) is 2.85. The maximum atomic E-state index is 12.6. The van der Waals surface area contributed by atoms with Gasteiger partial charge in [-0.05, 0) is 25.7 Å². The molecule has 1 N–H and O–H groups in total. The number of likely N-dealkylation sites (N-methyl/N-ethyl adjacent to an activating group) is 1. The molecule has 1 saturated carbocycles. The van der Waals surface area contributed by atoms with Crippen molar-refractivity contribution in [2.24, 2.45) is 5.41 Å². The van der Waals surface area contributed by atoms with E-state index in [1.54, 1.807) is 11.9 Å². The third-order valence-corrected chi connectivity index (χ3v) is 4.52. The number of hydrogen-bond donors (Lipinski definition) is 1. The van der Waals surface area contributed by atoms with Crippen LogP contribution in [0, 0.1) is 5.41 Å². The average Bonchev–Trinajstić information content (AvgIpc) is 2.38. The van der Waals surface area contributed by atoms with Crippen LogP contribution < -0.4 is 5.32 Å². The molecular weight excluding hydrogens is 228 g/mol. The molecule has 102 valence electrons. The van der Waals surface area contributed by atoms with Crippen LogP contribution in [-0.4, -0.2) is 36.3 Å². The van der Waals surface area contributed by atoms with E-state index in [-0.39, 0.29) is 23.3 Å². The van der Waals surface area contributed by atoms with Gasteiger partial charge in [0, 0.05) is 19.0 Å². The van der Waals surface area contributed by atoms with Crippen LogP contribution in [0.15, 0.2) is 0 Å². The lowest BCUT2D eigenvalue weighted by atomic mass is 9.74. The normalized spacial score (nSPS) is 27.4. The zero-order valence-electron chi connectivity index (χ0n) is 11.5. The summed E-state index contributed by atoms with van der Waals surface area (Å²) in [5.74, 6) is 0.167. The number of nitrogens with zero attached hydrogens (tertiary/aromatic N) is 1. The number of rotatable bonds is 2. The molecule has 1 aliphatic carbocycles. The van der Waals surface area contributed by atoms with Gasteiger partial charge in [0.25, 0.3) is 0 Å². The van der Waals surface area contributed by atoms with Crippen LogP contribution in [0.3, 0.4) is 0 Å². The Morgan fingerprint density at radius 3 is 2.56 bits per heavy atom. The minimum atomic E-state index is -0.259. The van der Waals surface area contributed by atoms with E-state index < -0.39 is 0 Å². The van der Waals surface area contributed by atoms with Gasteiger partial charge in [-0.1, -0.05) is 26.2 Å². The molecule has 2 fully saturated rings. The van der Waals surface area contributed by atoms with Crippen molar-refractivity contribution >= 4 is 11.8 Å². The second-order valence-corrected chi connectivity index (χ2v) is 5.99. The quantitative estimate of drug-likeness (QED) is 0.813. The summed E-state index contributed by atoms with van der Waals surface area (Å²) in [5.41, 5.74) is -0.245. The highest BCUT2D eigenvalue weighted by atomic mass is 16.2. The summed E-state index contributed by atoms with van der Waals surface area (Å²) in [7, 11) is 1.79. The molecule has 0 aromatic heterocycles. The molecule has 1 saturated heterocycles. The zero-order chi connectivity index (χ0) is 13.2. The van der Waals surface area contributed by atoms with Gasteiger partial charge in [0.2, 0.25) is 11.8 Å². The molecule has 0 unspecified atom stereocenters. The van der Waals surface area contributed by atoms with Gasteiger partial charge in [-0.2, -0.15) is 0 Å². The molecule has 0 aromatic carbocycles. The Hall–Kier alpha value is -1.06. The summed E-state index contributed by atoms with van der Waals surface area (Å²) >= 11 is 0. The first-order valence-electron chi connectivity index (χ1n) is 7.09. The molecule has 0 spiro atoms. The largest absolute Gasteiger partial charge is 0.354 e. The van der Waals surface area contributed by atoms with E-state index in [9.17, 15) is 9.59 Å². The third-order valence-electron chi connectivity index (χ3n) is 4.52. The maximum Gasteiger partial charge on any atom is 0.242 e. The Morgan fingerprint density at radius 1 is 1.28 bits per heavy atom. The van der Waals surface area contributed by atoms with Gasteiger partial charge in [0.05, 0.1) is 0 Å². The van der Waals surface area contributed by atoms with E-state index >= 15 is 0 Å². The fourth-order valence-electron chi connectivity index (χ4n) is 3.24. The highest BCUT2D eigenvalue weighted by molar-refractivity contribution is 5.90. The molecule has 1 aliphatic heterocycles. The highest BCUT2D eigenvalue weighted by Crippen LogP contribution is 2.37. The Morgan fingerprint density at radius 2 is 1.94 bits per heavy atom. The first-order chi connectivity index (χ1) is 8.54. The van der Waals surface area contributed by atoms with Crippen molar-refractivity contribution in [3.8, 4) is 0 Å². The first kappa shape index (κ1) is 13.4. The van der Waals surface area contributed by atoms with Gasteiger partial charge < -0.3 is 10.2 Å². The number of amides is 2. The zero-order valence-corrected chi connectivity index (χ0v) is 11.5. The van der Waals surface area contributed by atoms with Gasteiger partial charge in [0.1, 0.15) is 6.04 Å². The van der Waals surface area contributed by atoms with E-state index in [1.807, 2.05) is 0 Å². The molecule has 0 bridgehead atoms. The fraction of sp³-hybridized carbons (Fsp3) is 0.857. The summed E-state index contributed by atoms with van der Waals surface area (Å²) in [4.78, 5) is 26.1. The number of hydrogen-bond acceptors (Lipinski definition) is 2. The van der Waals surface area contributed by atoms with Crippen molar-refractivity contribution in [2.75, 3.05) is 13.6 Å². The Labute approximate surface area is 109 Å². The monoisotopic (exact) mass is 252 g/mol. The van der Waals surface area contributed by atoms with E-state index in [0.29, 0.717) is 0 Å². The summed E-state index contributed by atoms with van der Waals surface area (Å²) in [6, 6.07) is -0.259. The molecule has 0 radical (unpaired) electrons. The van der Waals surface area contributed by atoms with Gasteiger partial charge >= 0.3 is 0 Å². The molecule has 1 heterocycles. The third kappa shape index (κ3) is 2.52. The van der Waals surface area contributed by atoms with Crippen molar-refractivity contribution in [3.05, 3.63) is 0 Å². The number of carbonyl (C=O) groups excluding carboxylic acids is 2. The minimum absolute atomic E-state index is 0.0107. The summed E-state index contributed by atoms with van der Waals surface area (Å²) < 4.78 is 0. The van der Waals surface area contributed by atoms with E-state index in [4.69, 9.17) is 0 Å². The van der Waals surface area contributed by atoms with Crippen molar-refractivity contribution in [1.82, 2.24) is 10.2 Å². The van der Waals surface area contributed by atoms with Crippen LogP contribution in [-0.2, 0) is 9.59 Å². The molecule has 1 atom stereocenters. The van der Waals surface area contributed by atoms with Crippen LogP contribution in [0.5, 0.6) is 0 Å². The van der Waals surface area contributed by atoms with Crippen molar-refractivity contribution in [1.29, 1.82) is 0 Å². The number of piperidine rings is 1. The van der Waals surface area contributed by atoms with Gasteiger partial charge in [0.15, 0.2) is 0 Å². The molecule has 18 heavy (non-hydrogen) atoms. The topological polar surface area (TPSA) is 49.4 Å². The molecular formula is C14H24N2O2. The first-order valence-corrected chi connectivity index (χ1v) is 7.09. The molecule has 4 nitrogen and oxygen atoms in total. The van der Waals surface area contributed by atoms with Crippen LogP contribution >= 0.6 is 0 Å². The molecule has 2 amide bonds. The van der Waals surface area contributed by atoms with Crippen LogP contribution in [0.25, 0.3) is 0 Å². The predicted octanol–water partition coefficient (Wildman–Crippen LogP) is 1.69. The van der Waals surface area contributed by atoms with Crippen molar-refractivity contribution < 1.29 is 9.59 Å². The molecule has 2 rings (SSSR count).